The number of rotatable bonds is 2. The average Bonchev–Trinajstić information content (AvgIpc) is 2.47. The number of pyridine rings is 1. The van der Waals surface area contributed by atoms with Crippen LogP contribution in [-0.2, 0) is 0 Å². The van der Waals surface area contributed by atoms with E-state index in [0.717, 1.165) is 0 Å². The van der Waals surface area contributed by atoms with Crippen molar-refractivity contribution in [1.29, 1.82) is 0 Å². The number of benzene rings is 2. The normalized spacial score (nSPS) is 10.7. The van der Waals surface area contributed by atoms with Crippen LogP contribution in [0.25, 0.3) is 22.0 Å². The highest BCUT2D eigenvalue weighted by atomic mass is 19.1. The van der Waals surface area contributed by atoms with Gasteiger partial charge < -0.3 is 9.72 Å². The molecule has 0 saturated carbocycles. The fraction of sp³-hybridized carbons (Fsp3) is 0.0625. The Morgan fingerprint density at radius 3 is 2.60 bits per heavy atom. The van der Waals surface area contributed by atoms with E-state index in [-0.39, 0.29) is 11.4 Å². The van der Waals surface area contributed by atoms with E-state index in [4.69, 9.17) is 4.74 Å². The first-order chi connectivity index (χ1) is 9.70. The number of ether oxygens (including phenoxy) is 1. The minimum atomic E-state index is -0.372. The molecule has 1 heterocycles. The summed E-state index contributed by atoms with van der Waals surface area (Å²) >= 11 is 0. The summed E-state index contributed by atoms with van der Waals surface area (Å²) in [5.41, 5.74) is 1.36. The van der Waals surface area contributed by atoms with Gasteiger partial charge in [0.1, 0.15) is 11.6 Å². The fourth-order valence-electron chi connectivity index (χ4n) is 2.27. The van der Waals surface area contributed by atoms with Crippen molar-refractivity contribution in [1.82, 2.24) is 4.98 Å². The van der Waals surface area contributed by atoms with E-state index in [1.807, 2.05) is 12.1 Å². The van der Waals surface area contributed by atoms with Gasteiger partial charge in [-0.1, -0.05) is 18.2 Å². The summed E-state index contributed by atoms with van der Waals surface area (Å²) in [5.74, 6) is 0.235. The maximum Gasteiger partial charge on any atom is 0.248 e. The van der Waals surface area contributed by atoms with E-state index in [0.29, 0.717) is 27.8 Å². The quantitative estimate of drug-likeness (QED) is 0.775. The first-order valence-corrected chi connectivity index (χ1v) is 6.15. The zero-order valence-corrected chi connectivity index (χ0v) is 10.8. The molecule has 1 N–H and O–H groups in total. The number of aromatic nitrogens is 1. The van der Waals surface area contributed by atoms with Crippen molar-refractivity contribution in [2.24, 2.45) is 0 Å². The van der Waals surface area contributed by atoms with Crippen molar-refractivity contribution in [3.05, 3.63) is 64.7 Å². The van der Waals surface area contributed by atoms with E-state index in [1.54, 1.807) is 31.4 Å². The number of aromatic amines is 1. The molecule has 0 aliphatic carbocycles. The van der Waals surface area contributed by atoms with Gasteiger partial charge in [0.2, 0.25) is 5.56 Å². The van der Waals surface area contributed by atoms with Gasteiger partial charge in [-0.15, -0.1) is 0 Å². The van der Waals surface area contributed by atoms with Gasteiger partial charge in [0.15, 0.2) is 0 Å². The largest absolute Gasteiger partial charge is 0.496 e. The Balaban J connectivity index is 2.30. The minimum absolute atomic E-state index is 0.248. The van der Waals surface area contributed by atoms with Crippen molar-refractivity contribution in [2.45, 2.75) is 0 Å². The number of nitrogens with one attached hydrogen (secondary N) is 1. The number of methoxy groups -OCH3 is 1. The summed E-state index contributed by atoms with van der Waals surface area (Å²) in [6.45, 7) is 0. The molecule has 3 rings (SSSR count). The van der Waals surface area contributed by atoms with Crippen LogP contribution in [0.2, 0.25) is 0 Å². The lowest BCUT2D eigenvalue weighted by Crippen LogP contribution is -2.03. The summed E-state index contributed by atoms with van der Waals surface area (Å²) in [5, 5.41) is 0.382. The van der Waals surface area contributed by atoms with Crippen LogP contribution in [0.5, 0.6) is 5.75 Å². The van der Waals surface area contributed by atoms with Crippen LogP contribution in [-0.4, -0.2) is 12.1 Å². The summed E-state index contributed by atoms with van der Waals surface area (Å²) in [7, 11) is 1.55. The van der Waals surface area contributed by atoms with Gasteiger partial charge in [-0.25, -0.2) is 4.39 Å². The number of halogens is 1. The van der Waals surface area contributed by atoms with E-state index in [2.05, 4.69) is 4.98 Å². The highest BCUT2D eigenvalue weighted by Gasteiger charge is 2.13. The van der Waals surface area contributed by atoms with Crippen LogP contribution < -0.4 is 10.3 Å². The van der Waals surface area contributed by atoms with E-state index >= 15 is 0 Å². The summed E-state index contributed by atoms with van der Waals surface area (Å²) in [4.78, 5) is 13.9. The molecule has 0 radical (unpaired) electrons. The highest BCUT2D eigenvalue weighted by Crippen LogP contribution is 2.33. The van der Waals surface area contributed by atoms with E-state index in [1.165, 1.54) is 12.1 Å². The van der Waals surface area contributed by atoms with Crippen LogP contribution in [0, 0.1) is 5.82 Å². The first kappa shape index (κ1) is 12.4. The van der Waals surface area contributed by atoms with Crippen molar-refractivity contribution in [2.75, 3.05) is 7.11 Å². The molecule has 20 heavy (non-hydrogen) atoms. The van der Waals surface area contributed by atoms with Gasteiger partial charge in [-0.3, -0.25) is 4.79 Å². The third-order valence-corrected chi connectivity index (χ3v) is 3.24. The van der Waals surface area contributed by atoms with Crippen molar-refractivity contribution in [3.8, 4) is 16.9 Å². The van der Waals surface area contributed by atoms with Crippen molar-refractivity contribution < 1.29 is 9.13 Å². The molecule has 0 spiro atoms. The molecule has 0 aliphatic rings. The molecule has 0 unspecified atom stereocenters. The van der Waals surface area contributed by atoms with Gasteiger partial charge in [-0.05, 0) is 24.3 Å². The fourth-order valence-corrected chi connectivity index (χ4v) is 2.27. The minimum Gasteiger partial charge on any atom is -0.496 e. The van der Waals surface area contributed by atoms with Gasteiger partial charge in [0.05, 0.1) is 12.6 Å². The van der Waals surface area contributed by atoms with E-state index in [9.17, 15) is 9.18 Å². The molecule has 4 heteroatoms. The monoisotopic (exact) mass is 269 g/mol. The number of fused-ring (bicyclic) bond motifs is 1. The molecule has 3 aromatic rings. The predicted molar refractivity (Wildman–Crippen MR) is 76.5 cm³/mol. The third-order valence-electron chi connectivity index (χ3n) is 3.24. The zero-order valence-electron chi connectivity index (χ0n) is 10.8. The Labute approximate surface area is 114 Å². The number of H-pyrrole nitrogens is 1. The van der Waals surface area contributed by atoms with Crippen LogP contribution in [0.1, 0.15) is 0 Å². The highest BCUT2D eigenvalue weighted by molar-refractivity contribution is 5.86. The molecule has 0 atom stereocenters. The van der Waals surface area contributed by atoms with Gasteiger partial charge >= 0.3 is 0 Å². The Morgan fingerprint density at radius 2 is 1.80 bits per heavy atom. The molecule has 2 aromatic carbocycles. The summed E-state index contributed by atoms with van der Waals surface area (Å²) in [6, 6.07) is 13.4. The molecule has 0 bridgehead atoms. The third kappa shape index (κ3) is 1.95. The first-order valence-electron chi connectivity index (χ1n) is 6.15. The maximum atomic E-state index is 14.6. The molecule has 0 fully saturated rings. The second-order valence-corrected chi connectivity index (χ2v) is 4.41. The Hall–Kier alpha value is -2.62. The van der Waals surface area contributed by atoms with Crippen LogP contribution >= 0.6 is 0 Å². The standard InChI is InChI=1S/C16H12FNO2/c1-20-14-5-3-2-4-10(14)11-6-8-13-12(16(11)17)7-9-15(19)18-13/h2-9H,1H3,(H,18,19). The number of hydrogen-bond acceptors (Lipinski definition) is 2. The van der Waals surface area contributed by atoms with Crippen LogP contribution in [0.15, 0.2) is 53.3 Å². The second kappa shape index (κ2) is 4.81. The molecule has 0 saturated heterocycles. The molecule has 1 aromatic heterocycles. The zero-order chi connectivity index (χ0) is 14.1. The topological polar surface area (TPSA) is 42.1 Å². The number of para-hydroxylation sites is 1. The second-order valence-electron chi connectivity index (χ2n) is 4.41. The lowest BCUT2D eigenvalue weighted by Gasteiger charge is -2.10. The predicted octanol–water partition coefficient (Wildman–Crippen LogP) is 3.34. The average molecular weight is 269 g/mol. The Morgan fingerprint density at radius 1 is 1.00 bits per heavy atom. The molecule has 3 nitrogen and oxygen atoms in total. The smallest absolute Gasteiger partial charge is 0.248 e. The lowest BCUT2D eigenvalue weighted by atomic mass is 10.0. The van der Waals surface area contributed by atoms with Crippen molar-refractivity contribution >= 4 is 10.9 Å². The number of hydrogen-bond donors (Lipinski definition) is 1. The van der Waals surface area contributed by atoms with E-state index < -0.39 is 0 Å². The maximum absolute atomic E-state index is 14.6. The lowest BCUT2D eigenvalue weighted by molar-refractivity contribution is 0.416. The molecular formula is C16H12FNO2. The van der Waals surface area contributed by atoms with Gasteiger partial charge in [0.25, 0.3) is 0 Å². The van der Waals surface area contributed by atoms with Gasteiger partial charge in [-0.2, -0.15) is 0 Å². The molecule has 0 amide bonds. The van der Waals surface area contributed by atoms with Crippen LogP contribution in [0.4, 0.5) is 4.39 Å². The Bertz CT molecular complexity index is 839. The summed E-state index contributed by atoms with van der Waals surface area (Å²) in [6.07, 6.45) is 0. The SMILES string of the molecule is COc1ccccc1-c1ccc2[nH]c(=O)ccc2c1F. The van der Waals surface area contributed by atoms with Crippen LogP contribution in [0.3, 0.4) is 0 Å². The Kier molecular flexibility index (Phi) is 2.99. The molecular weight excluding hydrogens is 257 g/mol. The summed E-state index contributed by atoms with van der Waals surface area (Å²) < 4.78 is 19.9. The molecule has 100 valence electrons. The van der Waals surface area contributed by atoms with Crippen molar-refractivity contribution in [3.63, 3.8) is 0 Å². The van der Waals surface area contributed by atoms with Gasteiger partial charge in [0, 0.05) is 22.6 Å². The molecule has 0 aliphatic heterocycles.